The quantitative estimate of drug-likeness (QED) is 0.264. The van der Waals surface area contributed by atoms with Crippen LogP contribution in [0.5, 0.6) is 5.75 Å². The normalized spacial score (nSPS) is 12.6. The maximum atomic E-state index is 13.9. The van der Waals surface area contributed by atoms with Crippen LogP contribution < -0.4 is 10.1 Å². The van der Waals surface area contributed by atoms with E-state index in [4.69, 9.17) is 27.9 Å². The van der Waals surface area contributed by atoms with Gasteiger partial charge in [0.05, 0.1) is 29.1 Å². The fraction of sp³-hybridized carbons (Fsp3) is 0.107. The first-order chi connectivity index (χ1) is 16.1. The van der Waals surface area contributed by atoms with Crippen molar-refractivity contribution in [2.45, 2.75) is 12.0 Å². The van der Waals surface area contributed by atoms with Crippen LogP contribution in [0.3, 0.4) is 0 Å². The van der Waals surface area contributed by atoms with Gasteiger partial charge >= 0.3 is 0 Å². The number of anilines is 1. The standard InChI is InChI=1S/C28H23Cl2NO2/c1-33-23-15-12-20(13-16-23)27(31-22-14-17-24(29)25(30)18-22)26(19-8-4-2-5-9-19)28(32)21-10-6-3-7-11-21/h2-18,26-27,31H,1H3. The molecule has 0 saturated carbocycles. The maximum Gasteiger partial charge on any atom is 0.172 e. The minimum absolute atomic E-state index is 0.0233. The van der Waals surface area contributed by atoms with Gasteiger partial charge in [-0.15, -0.1) is 0 Å². The Morgan fingerprint density at radius 1 is 0.758 bits per heavy atom. The summed E-state index contributed by atoms with van der Waals surface area (Å²) in [4.78, 5) is 13.9. The highest BCUT2D eigenvalue weighted by Crippen LogP contribution is 2.38. The second kappa shape index (κ2) is 10.6. The van der Waals surface area contributed by atoms with E-state index in [9.17, 15) is 4.79 Å². The minimum atomic E-state index is -0.489. The number of methoxy groups -OCH3 is 1. The first-order valence-corrected chi connectivity index (χ1v) is 11.3. The highest BCUT2D eigenvalue weighted by atomic mass is 35.5. The molecule has 0 amide bonds. The molecule has 0 fully saturated rings. The Balaban J connectivity index is 1.84. The molecule has 0 saturated heterocycles. The summed E-state index contributed by atoms with van der Waals surface area (Å²) >= 11 is 12.4. The molecule has 0 aliphatic carbocycles. The number of halogens is 2. The smallest absolute Gasteiger partial charge is 0.172 e. The molecule has 5 heteroatoms. The highest BCUT2D eigenvalue weighted by molar-refractivity contribution is 6.42. The van der Waals surface area contributed by atoms with Crippen molar-refractivity contribution in [3.05, 3.63) is 130 Å². The predicted molar refractivity (Wildman–Crippen MR) is 136 cm³/mol. The Labute approximate surface area is 203 Å². The number of ketones is 1. The largest absolute Gasteiger partial charge is 0.497 e. The molecular formula is C28H23Cl2NO2. The summed E-state index contributed by atoms with van der Waals surface area (Å²) in [5.41, 5.74) is 3.28. The van der Waals surface area contributed by atoms with Crippen LogP contribution in [0.15, 0.2) is 103 Å². The zero-order chi connectivity index (χ0) is 23.2. The zero-order valence-corrected chi connectivity index (χ0v) is 19.6. The van der Waals surface area contributed by atoms with Crippen molar-refractivity contribution in [3.8, 4) is 5.75 Å². The number of hydrogen-bond donors (Lipinski definition) is 1. The molecule has 4 rings (SSSR count). The molecule has 1 N–H and O–H groups in total. The summed E-state index contributed by atoms with van der Waals surface area (Å²) in [5, 5.41) is 4.47. The lowest BCUT2D eigenvalue weighted by Gasteiger charge is -2.29. The topological polar surface area (TPSA) is 38.3 Å². The Hall–Kier alpha value is -3.27. The molecule has 0 aliphatic rings. The first kappa shape index (κ1) is 22.9. The Kier molecular flexibility index (Phi) is 7.33. The van der Waals surface area contributed by atoms with Gasteiger partial charge in [-0.2, -0.15) is 0 Å². The molecule has 3 nitrogen and oxygen atoms in total. The second-order valence-corrected chi connectivity index (χ2v) is 8.46. The van der Waals surface area contributed by atoms with E-state index in [2.05, 4.69) is 5.32 Å². The van der Waals surface area contributed by atoms with Gasteiger partial charge in [0, 0.05) is 11.3 Å². The number of hydrogen-bond acceptors (Lipinski definition) is 3. The third-order valence-electron chi connectivity index (χ3n) is 5.55. The van der Waals surface area contributed by atoms with Gasteiger partial charge in [-0.3, -0.25) is 4.79 Å². The monoisotopic (exact) mass is 475 g/mol. The lowest BCUT2D eigenvalue weighted by Crippen LogP contribution is -2.26. The fourth-order valence-electron chi connectivity index (χ4n) is 3.87. The van der Waals surface area contributed by atoms with Gasteiger partial charge in [0.2, 0.25) is 0 Å². The number of ether oxygens (including phenoxy) is 1. The third-order valence-corrected chi connectivity index (χ3v) is 6.29. The summed E-state index contributed by atoms with van der Waals surface area (Å²) in [6.45, 7) is 0. The molecule has 166 valence electrons. The highest BCUT2D eigenvalue weighted by Gasteiger charge is 2.32. The molecule has 4 aromatic carbocycles. The minimum Gasteiger partial charge on any atom is -0.497 e. The van der Waals surface area contributed by atoms with Crippen molar-refractivity contribution in [1.82, 2.24) is 0 Å². The van der Waals surface area contributed by atoms with E-state index in [1.54, 1.807) is 19.2 Å². The molecule has 2 atom stereocenters. The van der Waals surface area contributed by atoms with Gasteiger partial charge in [0.15, 0.2) is 5.78 Å². The molecule has 0 aromatic heterocycles. The molecule has 0 aliphatic heterocycles. The number of benzene rings is 4. The van der Waals surface area contributed by atoms with E-state index in [1.807, 2.05) is 91.0 Å². The molecule has 0 heterocycles. The summed E-state index contributed by atoms with van der Waals surface area (Å²) in [6, 6.07) is 31.9. The van der Waals surface area contributed by atoms with Crippen molar-refractivity contribution in [2.24, 2.45) is 0 Å². The van der Waals surface area contributed by atoms with Crippen molar-refractivity contribution in [3.63, 3.8) is 0 Å². The molecular weight excluding hydrogens is 453 g/mol. The number of nitrogens with one attached hydrogen (secondary N) is 1. The van der Waals surface area contributed by atoms with E-state index in [0.29, 0.717) is 15.6 Å². The Bertz CT molecular complexity index is 1210. The van der Waals surface area contributed by atoms with E-state index < -0.39 is 5.92 Å². The van der Waals surface area contributed by atoms with Crippen molar-refractivity contribution in [2.75, 3.05) is 12.4 Å². The average molecular weight is 476 g/mol. The van der Waals surface area contributed by atoms with Crippen LogP contribution in [0.25, 0.3) is 0 Å². The van der Waals surface area contributed by atoms with E-state index >= 15 is 0 Å². The van der Waals surface area contributed by atoms with Gasteiger partial charge in [0.1, 0.15) is 5.75 Å². The van der Waals surface area contributed by atoms with Crippen LogP contribution in [0, 0.1) is 0 Å². The second-order valence-electron chi connectivity index (χ2n) is 7.64. The zero-order valence-electron chi connectivity index (χ0n) is 18.0. The number of carbonyl (C=O) groups is 1. The number of carbonyl (C=O) groups excluding carboxylic acids is 1. The molecule has 0 bridgehead atoms. The first-order valence-electron chi connectivity index (χ1n) is 10.6. The summed E-state index contributed by atoms with van der Waals surface area (Å²) < 4.78 is 5.34. The van der Waals surface area contributed by atoms with Crippen LogP contribution in [0.1, 0.15) is 33.4 Å². The lowest BCUT2D eigenvalue weighted by molar-refractivity contribution is 0.0950. The van der Waals surface area contributed by atoms with Crippen LogP contribution >= 0.6 is 23.2 Å². The Morgan fingerprint density at radius 2 is 1.39 bits per heavy atom. The van der Waals surface area contributed by atoms with Gasteiger partial charge < -0.3 is 10.1 Å². The summed E-state index contributed by atoms with van der Waals surface area (Å²) in [7, 11) is 1.63. The molecule has 4 aromatic rings. The Morgan fingerprint density at radius 3 is 2.00 bits per heavy atom. The van der Waals surface area contributed by atoms with E-state index in [0.717, 1.165) is 22.6 Å². The van der Waals surface area contributed by atoms with Gasteiger partial charge in [0.25, 0.3) is 0 Å². The van der Waals surface area contributed by atoms with Gasteiger partial charge in [-0.25, -0.2) is 0 Å². The third kappa shape index (κ3) is 5.39. The molecule has 33 heavy (non-hydrogen) atoms. The van der Waals surface area contributed by atoms with Crippen LogP contribution in [-0.4, -0.2) is 12.9 Å². The average Bonchev–Trinajstić information content (AvgIpc) is 2.87. The summed E-state index contributed by atoms with van der Waals surface area (Å²) in [6.07, 6.45) is 0. The van der Waals surface area contributed by atoms with Crippen LogP contribution in [-0.2, 0) is 0 Å². The lowest BCUT2D eigenvalue weighted by atomic mass is 9.81. The fourth-order valence-corrected chi connectivity index (χ4v) is 4.17. The van der Waals surface area contributed by atoms with Crippen molar-refractivity contribution < 1.29 is 9.53 Å². The molecule has 0 spiro atoms. The predicted octanol–water partition coefficient (Wildman–Crippen LogP) is 7.82. The number of rotatable bonds is 8. The van der Waals surface area contributed by atoms with E-state index in [1.165, 1.54) is 0 Å². The SMILES string of the molecule is COc1ccc(C(Nc2ccc(Cl)c(Cl)c2)C(C(=O)c2ccccc2)c2ccccc2)cc1. The molecule has 0 radical (unpaired) electrons. The van der Waals surface area contributed by atoms with Gasteiger partial charge in [-0.1, -0.05) is 96.0 Å². The van der Waals surface area contributed by atoms with Crippen LogP contribution in [0.4, 0.5) is 5.69 Å². The number of Topliss-reactive ketones (excluding diaryl/α,β-unsaturated/α-hetero) is 1. The summed E-state index contributed by atoms with van der Waals surface area (Å²) in [5.74, 6) is 0.282. The van der Waals surface area contributed by atoms with Crippen molar-refractivity contribution >= 4 is 34.7 Å². The van der Waals surface area contributed by atoms with Crippen molar-refractivity contribution in [1.29, 1.82) is 0 Å². The molecule has 2 unspecified atom stereocenters. The van der Waals surface area contributed by atoms with Gasteiger partial charge in [-0.05, 0) is 41.5 Å². The van der Waals surface area contributed by atoms with Crippen LogP contribution in [0.2, 0.25) is 10.0 Å². The maximum absolute atomic E-state index is 13.9. The van der Waals surface area contributed by atoms with E-state index in [-0.39, 0.29) is 11.8 Å².